The first kappa shape index (κ1) is 22.7. The summed E-state index contributed by atoms with van der Waals surface area (Å²) >= 11 is 0. The van der Waals surface area contributed by atoms with Gasteiger partial charge in [-0.3, -0.25) is 4.79 Å². The Kier molecular flexibility index (Phi) is 6.61. The van der Waals surface area contributed by atoms with E-state index in [1.807, 2.05) is 4.90 Å². The molecule has 1 amide bonds. The predicted octanol–water partition coefficient (Wildman–Crippen LogP) is 2.27. The van der Waals surface area contributed by atoms with Gasteiger partial charge in [-0.05, 0) is 45.4 Å². The number of carboxylic acids is 1. The topological polar surface area (TPSA) is 113 Å². The number of aliphatic carboxylic acids is 1. The molecule has 1 aliphatic heterocycles. The normalized spacial score (nSPS) is 15.2. The number of amides is 1. The number of rotatable bonds is 5. The number of anilines is 1. The highest BCUT2D eigenvalue weighted by Crippen LogP contribution is 2.33. The monoisotopic (exact) mass is 432 g/mol. The van der Waals surface area contributed by atoms with Crippen LogP contribution in [0.25, 0.3) is 0 Å². The van der Waals surface area contributed by atoms with Gasteiger partial charge in [0.25, 0.3) is 0 Å². The van der Waals surface area contributed by atoms with Gasteiger partial charge >= 0.3 is 22.6 Å². The Bertz CT molecular complexity index is 888. The summed E-state index contributed by atoms with van der Waals surface area (Å²) in [6.07, 6.45) is -0.811. The lowest BCUT2D eigenvalue weighted by Gasteiger charge is -2.37. The standard InChI is InChI=1S/C18H25FN2O7S/c1-12-14(9-13(11-16(22)23)10-15(12)28-29(19,25)26)20-5-7-21(8-6-20)17(24)27-18(2,3)4/h9-10H,5-8,11H2,1-4H3,(H,22,23). The summed E-state index contributed by atoms with van der Waals surface area (Å²) in [6.45, 7) is 8.40. The average molecular weight is 432 g/mol. The minimum atomic E-state index is -5.27. The molecule has 0 atom stereocenters. The molecule has 0 unspecified atom stereocenters. The molecule has 9 nitrogen and oxygen atoms in total. The molecule has 2 rings (SSSR count). The number of ether oxygens (including phenoxy) is 1. The van der Waals surface area contributed by atoms with Gasteiger partial charge in [0.05, 0.1) is 6.42 Å². The number of hydrogen-bond acceptors (Lipinski definition) is 7. The Morgan fingerprint density at radius 1 is 1.17 bits per heavy atom. The smallest absolute Gasteiger partial charge is 0.481 e. The molecule has 1 aliphatic rings. The molecular weight excluding hydrogens is 407 g/mol. The fourth-order valence-corrected chi connectivity index (χ4v) is 3.37. The first-order valence-corrected chi connectivity index (χ1v) is 10.3. The van der Waals surface area contributed by atoms with E-state index in [0.717, 1.165) is 0 Å². The maximum atomic E-state index is 13.1. The van der Waals surface area contributed by atoms with Crippen LogP contribution in [0, 0.1) is 6.92 Å². The maximum absolute atomic E-state index is 13.1. The van der Waals surface area contributed by atoms with Crippen LogP contribution in [0.3, 0.4) is 0 Å². The first-order valence-electron chi connectivity index (χ1n) is 8.97. The molecule has 1 N–H and O–H groups in total. The van der Waals surface area contributed by atoms with Crippen molar-refractivity contribution in [3.8, 4) is 5.75 Å². The number of benzene rings is 1. The number of halogens is 1. The van der Waals surface area contributed by atoms with Crippen molar-refractivity contribution in [3.63, 3.8) is 0 Å². The van der Waals surface area contributed by atoms with Crippen LogP contribution in [0.15, 0.2) is 12.1 Å². The number of carbonyl (C=O) groups is 2. The SMILES string of the molecule is Cc1c(OS(=O)(=O)F)cc(CC(=O)O)cc1N1CCN(C(=O)OC(C)(C)C)CC1. The zero-order chi connectivity index (χ0) is 22.0. The molecule has 0 radical (unpaired) electrons. The van der Waals surface area contributed by atoms with Crippen LogP contribution in [-0.4, -0.2) is 62.3 Å². The third kappa shape index (κ3) is 6.77. The van der Waals surface area contributed by atoms with Crippen LogP contribution in [0.1, 0.15) is 31.9 Å². The van der Waals surface area contributed by atoms with Gasteiger partial charge in [-0.1, -0.05) is 3.89 Å². The van der Waals surface area contributed by atoms with E-state index in [1.54, 1.807) is 38.7 Å². The lowest BCUT2D eigenvalue weighted by atomic mass is 10.0. The minimum absolute atomic E-state index is 0.268. The quantitative estimate of drug-likeness (QED) is 0.705. The molecule has 1 aromatic rings. The van der Waals surface area contributed by atoms with E-state index in [1.165, 1.54) is 6.07 Å². The molecule has 0 aliphatic carbocycles. The second kappa shape index (κ2) is 8.44. The Labute approximate surface area is 169 Å². The molecule has 1 saturated heterocycles. The first-order chi connectivity index (χ1) is 13.2. The van der Waals surface area contributed by atoms with Crippen molar-refractivity contribution in [2.24, 2.45) is 0 Å². The summed E-state index contributed by atoms with van der Waals surface area (Å²) in [4.78, 5) is 26.7. The van der Waals surface area contributed by atoms with Gasteiger partial charge in [0.2, 0.25) is 0 Å². The third-order valence-electron chi connectivity index (χ3n) is 4.21. The lowest BCUT2D eigenvalue weighted by Crippen LogP contribution is -2.50. The summed E-state index contributed by atoms with van der Waals surface area (Å²) in [7, 11) is -5.27. The number of piperazine rings is 1. The van der Waals surface area contributed by atoms with Crippen LogP contribution in [0.5, 0.6) is 5.75 Å². The van der Waals surface area contributed by atoms with Crippen LogP contribution in [0.4, 0.5) is 14.4 Å². The van der Waals surface area contributed by atoms with E-state index in [0.29, 0.717) is 37.4 Å². The molecule has 11 heteroatoms. The number of carbonyl (C=O) groups excluding carboxylic acids is 1. The largest absolute Gasteiger partial charge is 0.488 e. The fraction of sp³-hybridized carbons (Fsp3) is 0.556. The van der Waals surface area contributed by atoms with Crippen molar-refractivity contribution >= 4 is 28.3 Å². The van der Waals surface area contributed by atoms with E-state index < -0.39 is 28.2 Å². The van der Waals surface area contributed by atoms with E-state index >= 15 is 0 Å². The van der Waals surface area contributed by atoms with Gasteiger partial charge in [0, 0.05) is 37.4 Å². The van der Waals surface area contributed by atoms with Crippen LogP contribution in [-0.2, 0) is 26.5 Å². The minimum Gasteiger partial charge on any atom is -0.481 e. The molecule has 29 heavy (non-hydrogen) atoms. The summed E-state index contributed by atoms with van der Waals surface area (Å²) < 4.78 is 44.7. The van der Waals surface area contributed by atoms with Crippen LogP contribution in [0.2, 0.25) is 0 Å². The lowest BCUT2D eigenvalue weighted by molar-refractivity contribution is -0.136. The molecule has 0 spiro atoms. The highest BCUT2D eigenvalue weighted by molar-refractivity contribution is 7.81. The Hall–Kier alpha value is -2.56. The molecule has 0 aromatic heterocycles. The number of carboxylic acid groups (broad SMARTS) is 1. The molecular formula is C18H25FN2O7S. The zero-order valence-electron chi connectivity index (χ0n) is 16.8. The third-order valence-corrected chi connectivity index (χ3v) is 4.59. The molecule has 1 fully saturated rings. The van der Waals surface area contributed by atoms with Crippen molar-refractivity contribution in [1.29, 1.82) is 0 Å². The Morgan fingerprint density at radius 3 is 2.24 bits per heavy atom. The molecule has 0 saturated carbocycles. The van der Waals surface area contributed by atoms with Crippen molar-refractivity contribution in [1.82, 2.24) is 4.90 Å². The highest BCUT2D eigenvalue weighted by Gasteiger charge is 2.27. The Morgan fingerprint density at radius 2 is 1.76 bits per heavy atom. The van der Waals surface area contributed by atoms with Gasteiger partial charge < -0.3 is 23.8 Å². The van der Waals surface area contributed by atoms with Crippen LogP contribution < -0.4 is 9.08 Å². The van der Waals surface area contributed by atoms with Gasteiger partial charge in [-0.15, -0.1) is 0 Å². The van der Waals surface area contributed by atoms with E-state index in [-0.39, 0.29) is 17.7 Å². The molecule has 1 aromatic carbocycles. The molecule has 1 heterocycles. The van der Waals surface area contributed by atoms with Gasteiger partial charge in [0.15, 0.2) is 5.75 Å². The van der Waals surface area contributed by atoms with E-state index in [2.05, 4.69) is 4.18 Å². The second-order valence-electron chi connectivity index (χ2n) is 7.74. The van der Waals surface area contributed by atoms with Crippen molar-refractivity contribution in [2.75, 3.05) is 31.1 Å². The fourth-order valence-electron chi connectivity index (χ4n) is 2.98. The van der Waals surface area contributed by atoms with Crippen molar-refractivity contribution < 1.29 is 35.9 Å². The zero-order valence-corrected chi connectivity index (χ0v) is 17.6. The Balaban J connectivity index is 2.24. The average Bonchev–Trinajstić information content (AvgIpc) is 2.54. The molecule has 0 bridgehead atoms. The summed E-state index contributed by atoms with van der Waals surface area (Å²) in [6, 6.07) is 2.80. The second-order valence-corrected chi connectivity index (χ2v) is 8.69. The number of hydrogen-bond donors (Lipinski definition) is 1. The van der Waals surface area contributed by atoms with Gasteiger partial charge in [-0.25, -0.2) is 4.79 Å². The van der Waals surface area contributed by atoms with E-state index in [9.17, 15) is 21.9 Å². The van der Waals surface area contributed by atoms with Gasteiger partial charge in [-0.2, -0.15) is 8.42 Å². The summed E-state index contributed by atoms with van der Waals surface area (Å²) in [5, 5.41) is 9.04. The molecule has 162 valence electrons. The maximum Gasteiger partial charge on any atom is 0.488 e. The van der Waals surface area contributed by atoms with Crippen molar-refractivity contribution in [2.45, 2.75) is 39.7 Å². The number of nitrogens with zero attached hydrogens (tertiary/aromatic N) is 2. The van der Waals surface area contributed by atoms with Crippen LogP contribution >= 0.6 is 0 Å². The van der Waals surface area contributed by atoms with Gasteiger partial charge in [0.1, 0.15) is 5.60 Å². The predicted molar refractivity (Wildman–Crippen MR) is 103 cm³/mol. The van der Waals surface area contributed by atoms with Crippen molar-refractivity contribution in [3.05, 3.63) is 23.3 Å². The summed E-state index contributed by atoms with van der Waals surface area (Å²) in [5.41, 5.74) is 0.531. The highest BCUT2D eigenvalue weighted by atomic mass is 32.3. The van der Waals surface area contributed by atoms with E-state index in [4.69, 9.17) is 9.84 Å². The summed E-state index contributed by atoms with van der Waals surface area (Å²) in [5.74, 6) is -1.39.